The molecule has 1 aliphatic carbocycles. The Kier molecular flexibility index (Phi) is 2.35. The molecule has 0 aromatic heterocycles. The molecule has 0 nitrogen and oxygen atoms in total. The first-order chi connectivity index (χ1) is 6.53. The maximum Gasteiger partial charge on any atom is 0.0411 e. The van der Waals surface area contributed by atoms with E-state index in [1.54, 1.807) is 0 Å². The maximum atomic E-state index is 6.09. The summed E-state index contributed by atoms with van der Waals surface area (Å²) < 4.78 is 0. The van der Waals surface area contributed by atoms with E-state index in [-0.39, 0.29) is 0 Å². The van der Waals surface area contributed by atoms with Gasteiger partial charge in [-0.1, -0.05) is 38.4 Å². The third-order valence-corrected chi connectivity index (χ3v) is 3.52. The summed E-state index contributed by atoms with van der Waals surface area (Å²) in [6, 6.07) is 6.51. The lowest BCUT2D eigenvalue weighted by atomic mass is 10.0. The fourth-order valence-electron chi connectivity index (χ4n) is 2.12. The molecule has 1 fully saturated rings. The first-order valence-corrected chi connectivity index (χ1v) is 5.70. The Hall–Kier alpha value is -0.490. The van der Waals surface area contributed by atoms with Gasteiger partial charge < -0.3 is 0 Å². The smallest absolute Gasteiger partial charge is 0.0411 e. The molecule has 2 rings (SSSR count). The van der Waals surface area contributed by atoms with Gasteiger partial charge in [0.15, 0.2) is 0 Å². The van der Waals surface area contributed by atoms with Gasteiger partial charge in [-0.15, -0.1) is 0 Å². The molecule has 76 valence electrons. The van der Waals surface area contributed by atoms with E-state index in [9.17, 15) is 0 Å². The molecule has 0 amide bonds. The summed E-state index contributed by atoms with van der Waals surface area (Å²) in [6.07, 6.45) is 2.37. The topological polar surface area (TPSA) is 0 Å². The van der Waals surface area contributed by atoms with Gasteiger partial charge in [0.1, 0.15) is 0 Å². The Balaban J connectivity index is 2.31. The van der Waals surface area contributed by atoms with E-state index in [1.807, 2.05) is 0 Å². The van der Waals surface area contributed by atoms with Gasteiger partial charge in [0.05, 0.1) is 0 Å². The third kappa shape index (κ3) is 1.81. The molecule has 0 radical (unpaired) electrons. The zero-order chi connectivity index (χ0) is 10.3. The quantitative estimate of drug-likeness (QED) is 0.675. The molecule has 1 aliphatic rings. The summed E-state index contributed by atoms with van der Waals surface area (Å²) in [5, 5.41) is 0.891. The monoisotopic (exact) mass is 208 g/mol. The van der Waals surface area contributed by atoms with Crippen LogP contribution in [-0.4, -0.2) is 0 Å². The van der Waals surface area contributed by atoms with Crippen LogP contribution in [0.2, 0.25) is 5.02 Å². The molecule has 0 spiro atoms. The molecule has 0 aliphatic heterocycles. The van der Waals surface area contributed by atoms with Crippen LogP contribution in [0.15, 0.2) is 18.2 Å². The predicted octanol–water partition coefficient (Wildman–Crippen LogP) is 4.42. The van der Waals surface area contributed by atoms with E-state index in [4.69, 9.17) is 11.6 Å². The molecule has 1 aromatic carbocycles. The van der Waals surface area contributed by atoms with E-state index < -0.39 is 0 Å². The van der Waals surface area contributed by atoms with Crippen molar-refractivity contribution in [1.82, 2.24) is 0 Å². The van der Waals surface area contributed by atoms with Crippen molar-refractivity contribution < 1.29 is 0 Å². The van der Waals surface area contributed by atoms with Crippen molar-refractivity contribution in [2.75, 3.05) is 0 Å². The standard InChI is InChI=1S/C13H17Cl/c1-4-9-5-10(7-11(14)6-9)12-8-13(12,2)3/h5-7,12H,4,8H2,1-3H3. The highest BCUT2D eigenvalue weighted by atomic mass is 35.5. The second-order valence-electron chi connectivity index (χ2n) is 4.99. The van der Waals surface area contributed by atoms with Crippen LogP contribution in [0.3, 0.4) is 0 Å². The van der Waals surface area contributed by atoms with E-state index in [1.165, 1.54) is 17.5 Å². The lowest BCUT2D eigenvalue weighted by Gasteiger charge is -2.06. The largest absolute Gasteiger partial charge is 0.0843 e. The van der Waals surface area contributed by atoms with Gasteiger partial charge in [0, 0.05) is 5.02 Å². The van der Waals surface area contributed by atoms with Crippen LogP contribution < -0.4 is 0 Å². The number of aryl methyl sites for hydroxylation is 1. The molecule has 1 aromatic rings. The number of hydrogen-bond donors (Lipinski definition) is 0. The summed E-state index contributed by atoms with van der Waals surface area (Å²) in [4.78, 5) is 0. The fraction of sp³-hybridized carbons (Fsp3) is 0.538. The minimum absolute atomic E-state index is 0.496. The summed E-state index contributed by atoms with van der Waals surface area (Å²) in [7, 11) is 0. The highest BCUT2D eigenvalue weighted by molar-refractivity contribution is 6.30. The van der Waals surface area contributed by atoms with Crippen molar-refractivity contribution in [2.24, 2.45) is 5.41 Å². The molecule has 1 atom stereocenters. The summed E-state index contributed by atoms with van der Waals surface area (Å²) >= 11 is 6.09. The number of halogens is 1. The average molecular weight is 209 g/mol. The van der Waals surface area contributed by atoms with Gasteiger partial charge in [-0.25, -0.2) is 0 Å². The minimum Gasteiger partial charge on any atom is -0.0843 e. The van der Waals surface area contributed by atoms with Crippen LogP contribution in [0.1, 0.15) is 44.2 Å². The van der Waals surface area contributed by atoms with Crippen molar-refractivity contribution >= 4 is 11.6 Å². The third-order valence-electron chi connectivity index (χ3n) is 3.30. The van der Waals surface area contributed by atoms with Crippen LogP contribution in [0.5, 0.6) is 0 Å². The van der Waals surface area contributed by atoms with Gasteiger partial charge in [-0.3, -0.25) is 0 Å². The lowest BCUT2D eigenvalue weighted by Crippen LogP contribution is -1.91. The van der Waals surface area contributed by atoms with Gasteiger partial charge in [0.2, 0.25) is 0 Å². The van der Waals surface area contributed by atoms with E-state index in [0.717, 1.165) is 17.4 Å². The Morgan fingerprint density at radius 1 is 1.36 bits per heavy atom. The summed E-state index contributed by atoms with van der Waals surface area (Å²) in [5.41, 5.74) is 3.28. The molecular weight excluding hydrogens is 192 g/mol. The van der Waals surface area contributed by atoms with Crippen molar-refractivity contribution in [3.63, 3.8) is 0 Å². The molecule has 0 N–H and O–H groups in total. The minimum atomic E-state index is 0.496. The normalized spacial score (nSPS) is 23.6. The summed E-state index contributed by atoms with van der Waals surface area (Å²) in [5.74, 6) is 0.728. The average Bonchev–Trinajstić information content (AvgIpc) is 2.74. The van der Waals surface area contributed by atoms with Crippen molar-refractivity contribution in [3.05, 3.63) is 34.3 Å². The van der Waals surface area contributed by atoms with E-state index in [0.29, 0.717) is 5.41 Å². The Morgan fingerprint density at radius 3 is 2.50 bits per heavy atom. The molecule has 1 unspecified atom stereocenters. The zero-order valence-corrected chi connectivity index (χ0v) is 9.86. The Labute approximate surface area is 91.3 Å². The molecule has 0 bridgehead atoms. The first kappa shape index (κ1) is 10.0. The highest BCUT2D eigenvalue weighted by Gasteiger charge is 2.46. The molecule has 0 heterocycles. The number of benzene rings is 1. The first-order valence-electron chi connectivity index (χ1n) is 5.32. The molecular formula is C13H17Cl. The lowest BCUT2D eigenvalue weighted by molar-refractivity contribution is 0.621. The highest BCUT2D eigenvalue weighted by Crippen LogP contribution is 2.58. The van der Waals surface area contributed by atoms with Crippen LogP contribution in [0.25, 0.3) is 0 Å². The Morgan fingerprint density at radius 2 is 2.00 bits per heavy atom. The molecule has 0 saturated heterocycles. The van der Waals surface area contributed by atoms with Crippen LogP contribution >= 0.6 is 11.6 Å². The van der Waals surface area contributed by atoms with E-state index in [2.05, 4.69) is 39.0 Å². The van der Waals surface area contributed by atoms with E-state index >= 15 is 0 Å². The van der Waals surface area contributed by atoms with Gasteiger partial charge >= 0.3 is 0 Å². The predicted molar refractivity (Wildman–Crippen MR) is 62.0 cm³/mol. The van der Waals surface area contributed by atoms with Crippen LogP contribution in [-0.2, 0) is 6.42 Å². The van der Waals surface area contributed by atoms with Gasteiger partial charge in [0.25, 0.3) is 0 Å². The number of hydrogen-bond acceptors (Lipinski definition) is 0. The SMILES string of the molecule is CCc1cc(Cl)cc(C2CC2(C)C)c1. The molecule has 1 heteroatoms. The summed E-state index contributed by atoms with van der Waals surface area (Å²) in [6.45, 7) is 6.82. The second-order valence-corrected chi connectivity index (χ2v) is 5.43. The van der Waals surface area contributed by atoms with Crippen LogP contribution in [0, 0.1) is 5.41 Å². The second kappa shape index (κ2) is 3.27. The number of rotatable bonds is 2. The van der Waals surface area contributed by atoms with Gasteiger partial charge in [-0.2, -0.15) is 0 Å². The molecule has 14 heavy (non-hydrogen) atoms. The van der Waals surface area contributed by atoms with Gasteiger partial charge in [-0.05, 0) is 47.4 Å². The zero-order valence-electron chi connectivity index (χ0n) is 9.10. The van der Waals surface area contributed by atoms with Crippen molar-refractivity contribution in [3.8, 4) is 0 Å². The van der Waals surface area contributed by atoms with Crippen LogP contribution in [0.4, 0.5) is 0 Å². The maximum absolute atomic E-state index is 6.09. The van der Waals surface area contributed by atoms with Crippen molar-refractivity contribution in [1.29, 1.82) is 0 Å². The Bertz CT molecular complexity index is 352. The molecule has 1 saturated carbocycles. The van der Waals surface area contributed by atoms with Crippen molar-refractivity contribution in [2.45, 2.75) is 39.5 Å². The fourth-order valence-corrected chi connectivity index (χ4v) is 2.38.